The first kappa shape index (κ1) is 11.2. The molecular weight excluding hydrogens is 250 g/mol. The highest BCUT2D eigenvalue weighted by Gasteiger charge is 2.18. The molecule has 0 bridgehead atoms. The molecule has 82 valence electrons. The third-order valence-electron chi connectivity index (χ3n) is 3.15. The molecule has 2 heteroatoms. The third kappa shape index (κ3) is 3.32. The molecule has 0 atom stereocenters. The maximum Gasteiger partial charge on any atom is 0.0346 e. The number of nitrogens with zero attached hydrogens (tertiary/aromatic N) is 1. The minimum absolute atomic E-state index is 0.735. The van der Waals surface area contributed by atoms with Crippen molar-refractivity contribution in [1.82, 2.24) is 3.93 Å². The minimum Gasteiger partial charge on any atom is -0.235 e. The van der Waals surface area contributed by atoms with Crippen LogP contribution in [-0.4, -0.2) is 9.97 Å². The molecule has 1 aromatic rings. The quantitative estimate of drug-likeness (QED) is 0.745. The molecule has 1 aliphatic carbocycles. The van der Waals surface area contributed by atoms with Gasteiger partial charge in [0, 0.05) is 28.7 Å². The summed E-state index contributed by atoms with van der Waals surface area (Å²) in [5, 5.41) is 0. The Balaban J connectivity index is 1.88. The maximum atomic E-state index is 3.71. The summed E-state index contributed by atoms with van der Waals surface area (Å²) in [5.41, 5.74) is 1.39. The Labute approximate surface area is 101 Å². The lowest BCUT2D eigenvalue weighted by molar-refractivity contribution is 0.276. The van der Waals surface area contributed by atoms with E-state index in [1.807, 2.05) is 0 Å². The molecule has 0 heterocycles. The number of benzene rings is 1. The summed E-state index contributed by atoms with van der Waals surface area (Å²) in [7, 11) is 0. The maximum absolute atomic E-state index is 3.71. The standard InChI is InChI=1S/C13H18BrN/c14-15(13-9-5-2-6-10-13)11-12-7-3-1-4-8-12/h1,3-4,7-8,13H,2,5-6,9-11H2. The van der Waals surface area contributed by atoms with Crippen LogP contribution in [0, 0.1) is 0 Å². The Kier molecular flexibility index (Phi) is 4.21. The van der Waals surface area contributed by atoms with E-state index in [0.717, 1.165) is 12.6 Å². The largest absolute Gasteiger partial charge is 0.235 e. The molecule has 0 radical (unpaired) electrons. The van der Waals surface area contributed by atoms with Crippen molar-refractivity contribution >= 4 is 16.1 Å². The third-order valence-corrected chi connectivity index (χ3v) is 3.98. The molecule has 0 aromatic heterocycles. The molecule has 1 nitrogen and oxygen atoms in total. The first-order valence-electron chi connectivity index (χ1n) is 5.82. The van der Waals surface area contributed by atoms with Crippen molar-refractivity contribution in [3.8, 4) is 0 Å². The van der Waals surface area contributed by atoms with Gasteiger partial charge in [-0.2, -0.15) is 0 Å². The minimum atomic E-state index is 0.735. The Morgan fingerprint density at radius 2 is 1.73 bits per heavy atom. The van der Waals surface area contributed by atoms with Gasteiger partial charge in [0.1, 0.15) is 0 Å². The summed E-state index contributed by atoms with van der Waals surface area (Å²) in [4.78, 5) is 0. The van der Waals surface area contributed by atoms with Crippen LogP contribution in [0.5, 0.6) is 0 Å². The fourth-order valence-corrected chi connectivity index (χ4v) is 2.95. The highest BCUT2D eigenvalue weighted by molar-refractivity contribution is 9.07. The molecule has 0 amide bonds. The van der Waals surface area contributed by atoms with Gasteiger partial charge in [0.25, 0.3) is 0 Å². The molecule has 0 spiro atoms. The van der Waals surface area contributed by atoms with Crippen LogP contribution < -0.4 is 0 Å². The zero-order chi connectivity index (χ0) is 10.5. The molecule has 0 unspecified atom stereocenters. The van der Waals surface area contributed by atoms with Crippen LogP contribution in [0.25, 0.3) is 0 Å². The highest BCUT2D eigenvalue weighted by Crippen LogP contribution is 2.26. The van der Waals surface area contributed by atoms with Crippen LogP contribution in [0.1, 0.15) is 37.7 Å². The summed E-state index contributed by atoms with van der Waals surface area (Å²) >= 11 is 3.71. The molecule has 15 heavy (non-hydrogen) atoms. The van der Waals surface area contributed by atoms with Gasteiger partial charge in [0.2, 0.25) is 0 Å². The Hall–Kier alpha value is -0.340. The number of hydrogen-bond acceptors (Lipinski definition) is 1. The van der Waals surface area contributed by atoms with E-state index in [2.05, 4.69) is 50.4 Å². The fourth-order valence-electron chi connectivity index (χ4n) is 2.25. The molecule has 1 saturated carbocycles. The molecule has 0 saturated heterocycles. The van der Waals surface area contributed by atoms with E-state index in [9.17, 15) is 0 Å². The van der Waals surface area contributed by atoms with E-state index in [1.165, 1.54) is 37.7 Å². The normalized spacial score (nSPS) is 18.3. The lowest BCUT2D eigenvalue weighted by Gasteiger charge is -2.29. The highest BCUT2D eigenvalue weighted by atomic mass is 79.9. The average Bonchev–Trinajstić information content (AvgIpc) is 2.31. The average molecular weight is 268 g/mol. The van der Waals surface area contributed by atoms with Gasteiger partial charge in [-0.1, -0.05) is 49.6 Å². The molecule has 1 fully saturated rings. The van der Waals surface area contributed by atoms with Crippen molar-refractivity contribution in [3.63, 3.8) is 0 Å². The zero-order valence-electron chi connectivity index (χ0n) is 9.03. The van der Waals surface area contributed by atoms with Crippen molar-refractivity contribution in [2.75, 3.05) is 0 Å². The van der Waals surface area contributed by atoms with Crippen molar-refractivity contribution < 1.29 is 0 Å². The van der Waals surface area contributed by atoms with Crippen molar-refractivity contribution in [3.05, 3.63) is 35.9 Å². The summed E-state index contributed by atoms with van der Waals surface area (Å²) in [6, 6.07) is 11.4. The molecule has 2 rings (SSSR count). The van der Waals surface area contributed by atoms with Gasteiger partial charge in [0.15, 0.2) is 0 Å². The van der Waals surface area contributed by atoms with E-state index in [4.69, 9.17) is 0 Å². The Morgan fingerprint density at radius 1 is 1.07 bits per heavy atom. The predicted octanol–water partition coefficient (Wildman–Crippen LogP) is 4.13. The number of halogens is 1. The zero-order valence-corrected chi connectivity index (χ0v) is 10.6. The van der Waals surface area contributed by atoms with Crippen LogP contribution in [0.4, 0.5) is 0 Å². The van der Waals surface area contributed by atoms with Gasteiger partial charge in [0.05, 0.1) is 0 Å². The van der Waals surface area contributed by atoms with Crippen molar-refractivity contribution in [2.45, 2.75) is 44.7 Å². The van der Waals surface area contributed by atoms with Gasteiger partial charge >= 0.3 is 0 Å². The summed E-state index contributed by atoms with van der Waals surface area (Å²) in [6.45, 7) is 1.02. The van der Waals surface area contributed by atoms with Crippen LogP contribution in [0.15, 0.2) is 30.3 Å². The van der Waals surface area contributed by atoms with Gasteiger partial charge < -0.3 is 0 Å². The van der Waals surface area contributed by atoms with Crippen molar-refractivity contribution in [2.24, 2.45) is 0 Å². The van der Waals surface area contributed by atoms with Crippen LogP contribution in [0.2, 0.25) is 0 Å². The fraction of sp³-hybridized carbons (Fsp3) is 0.538. The van der Waals surface area contributed by atoms with E-state index in [-0.39, 0.29) is 0 Å². The molecule has 0 aliphatic heterocycles. The van der Waals surface area contributed by atoms with E-state index in [0.29, 0.717) is 0 Å². The molecule has 1 aliphatic rings. The lowest BCUT2D eigenvalue weighted by Crippen LogP contribution is -2.28. The number of hydrogen-bond donors (Lipinski definition) is 0. The van der Waals surface area contributed by atoms with Gasteiger partial charge in [-0.15, -0.1) is 0 Å². The molecule has 1 aromatic carbocycles. The predicted molar refractivity (Wildman–Crippen MR) is 67.8 cm³/mol. The first-order valence-corrected chi connectivity index (χ1v) is 6.53. The van der Waals surface area contributed by atoms with Gasteiger partial charge in [-0.3, -0.25) is 0 Å². The first-order chi connectivity index (χ1) is 7.36. The van der Waals surface area contributed by atoms with Crippen LogP contribution in [-0.2, 0) is 6.54 Å². The van der Waals surface area contributed by atoms with Crippen LogP contribution in [0.3, 0.4) is 0 Å². The second-order valence-corrected chi connectivity index (χ2v) is 5.25. The monoisotopic (exact) mass is 267 g/mol. The van der Waals surface area contributed by atoms with E-state index < -0.39 is 0 Å². The summed E-state index contributed by atoms with van der Waals surface area (Å²) < 4.78 is 2.33. The summed E-state index contributed by atoms with van der Waals surface area (Å²) in [6.07, 6.45) is 6.89. The SMILES string of the molecule is BrN(Cc1ccccc1)C1CCCCC1. The topological polar surface area (TPSA) is 3.24 Å². The smallest absolute Gasteiger partial charge is 0.0346 e. The van der Waals surface area contributed by atoms with Crippen LogP contribution >= 0.6 is 16.1 Å². The lowest BCUT2D eigenvalue weighted by atomic mass is 9.95. The molecule has 0 N–H and O–H groups in total. The summed E-state index contributed by atoms with van der Waals surface area (Å²) in [5.74, 6) is 0. The van der Waals surface area contributed by atoms with E-state index in [1.54, 1.807) is 0 Å². The molecular formula is C13H18BrN. The van der Waals surface area contributed by atoms with Crippen molar-refractivity contribution in [1.29, 1.82) is 0 Å². The Morgan fingerprint density at radius 3 is 2.40 bits per heavy atom. The van der Waals surface area contributed by atoms with Gasteiger partial charge in [-0.25, -0.2) is 3.93 Å². The number of rotatable bonds is 3. The second kappa shape index (κ2) is 5.66. The Bertz CT molecular complexity index is 280. The second-order valence-electron chi connectivity index (χ2n) is 4.34. The van der Waals surface area contributed by atoms with E-state index >= 15 is 0 Å². The van der Waals surface area contributed by atoms with Gasteiger partial charge in [-0.05, 0) is 18.4 Å².